The molecule has 0 atom stereocenters. The van der Waals surface area contributed by atoms with Crippen LogP contribution in [0.15, 0.2) is 18.2 Å². The first-order chi connectivity index (χ1) is 8.95. The highest BCUT2D eigenvalue weighted by Crippen LogP contribution is 2.28. The van der Waals surface area contributed by atoms with Gasteiger partial charge in [-0.05, 0) is 39.0 Å². The number of halogens is 1. The van der Waals surface area contributed by atoms with Gasteiger partial charge in [-0.25, -0.2) is 13.8 Å². The van der Waals surface area contributed by atoms with Crippen molar-refractivity contribution in [3.05, 3.63) is 29.7 Å². The van der Waals surface area contributed by atoms with Gasteiger partial charge in [0.15, 0.2) is 5.82 Å². The van der Waals surface area contributed by atoms with Crippen LogP contribution in [0.2, 0.25) is 0 Å². The number of ether oxygens (including phenoxy) is 2. The van der Waals surface area contributed by atoms with Crippen LogP contribution in [0.3, 0.4) is 0 Å². The van der Waals surface area contributed by atoms with E-state index in [0.717, 1.165) is 0 Å². The lowest BCUT2D eigenvalue weighted by molar-refractivity contribution is 0.117. The van der Waals surface area contributed by atoms with Crippen LogP contribution in [-0.4, -0.2) is 23.9 Å². The lowest BCUT2D eigenvalue weighted by Crippen LogP contribution is -2.19. The Morgan fingerprint density at radius 2 is 2.05 bits per heavy atom. The zero-order valence-electron chi connectivity index (χ0n) is 11.4. The number of carbonyl (C=O) groups excluding carboxylic acids is 1. The molecule has 5 heteroatoms. The molecule has 2 rings (SSSR count). The van der Waals surface area contributed by atoms with Gasteiger partial charge in [0.2, 0.25) is 0 Å². The van der Waals surface area contributed by atoms with Crippen molar-refractivity contribution in [2.24, 2.45) is 0 Å². The van der Waals surface area contributed by atoms with Gasteiger partial charge in [-0.15, -0.1) is 0 Å². The minimum absolute atomic E-state index is 0.230. The molecule has 0 amide bonds. The highest BCUT2D eigenvalue weighted by molar-refractivity contribution is 5.92. The number of fused-ring (bicyclic) bond motifs is 1. The van der Waals surface area contributed by atoms with Crippen molar-refractivity contribution in [1.29, 1.82) is 0 Å². The van der Waals surface area contributed by atoms with Gasteiger partial charge in [0.1, 0.15) is 5.75 Å². The molecule has 0 saturated carbocycles. The molecule has 0 N–H and O–H groups in total. The van der Waals surface area contributed by atoms with E-state index in [-0.39, 0.29) is 11.8 Å². The molecule has 0 radical (unpaired) electrons. The van der Waals surface area contributed by atoms with E-state index in [1.807, 2.05) is 0 Å². The fraction of sp³-hybridized carbons (Fsp3) is 0.357. The molecule has 0 saturated heterocycles. The van der Waals surface area contributed by atoms with E-state index in [0.29, 0.717) is 16.7 Å². The summed E-state index contributed by atoms with van der Waals surface area (Å²) in [7, 11) is 1.51. The number of methoxy groups -OCH3 is 1. The Morgan fingerprint density at radius 1 is 1.37 bits per heavy atom. The monoisotopic (exact) mass is 265 g/mol. The maximum absolute atomic E-state index is 14.1. The van der Waals surface area contributed by atoms with E-state index in [9.17, 15) is 9.18 Å². The molecule has 1 aromatic heterocycles. The smallest absolute Gasteiger partial charge is 0.419 e. The molecule has 1 heterocycles. The van der Waals surface area contributed by atoms with Gasteiger partial charge in [0.25, 0.3) is 0 Å². The Labute approximate surface area is 110 Å². The third kappa shape index (κ3) is 2.28. The summed E-state index contributed by atoms with van der Waals surface area (Å²) in [5, 5.41) is 0.345. The SMILES string of the molecule is COc1ccc2c(c1)c(F)c(C)n2C(=O)OC(C)C. The van der Waals surface area contributed by atoms with E-state index in [2.05, 4.69) is 0 Å². The van der Waals surface area contributed by atoms with Crippen molar-refractivity contribution in [3.63, 3.8) is 0 Å². The standard InChI is InChI=1S/C14H16FNO3/c1-8(2)19-14(17)16-9(3)13(15)11-7-10(18-4)5-6-12(11)16/h5-8H,1-4H3. The zero-order valence-corrected chi connectivity index (χ0v) is 11.4. The van der Waals surface area contributed by atoms with Crippen LogP contribution in [0, 0.1) is 12.7 Å². The Hall–Kier alpha value is -2.04. The van der Waals surface area contributed by atoms with Crippen molar-refractivity contribution in [1.82, 2.24) is 4.57 Å². The number of benzene rings is 1. The Balaban J connectivity index is 2.61. The van der Waals surface area contributed by atoms with E-state index in [4.69, 9.17) is 9.47 Å². The summed E-state index contributed by atoms with van der Waals surface area (Å²) >= 11 is 0. The van der Waals surface area contributed by atoms with Crippen molar-refractivity contribution in [3.8, 4) is 5.75 Å². The van der Waals surface area contributed by atoms with Crippen LogP contribution in [-0.2, 0) is 4.74 Å². The average molecular weight is 265 g/mol. The predicted octanol–water partition coefficient (Wildman–Crippen LogP) is 3.49. The predicted molar refractivity (Wildman–Crippen MR) is 70.2 cm³/mol. The van der Waals surface area contributed by atoms with Crippen molar-refractivity contribution in [2.45, 2.75) is 26.9 Å². The topological polar surface area (TPSA) is 40.5 Å². The molecule has 0 aliphatic carbocycles. The van der Waals surface area contributed by atoms with E-state index in [1.165, 1.54) is 11.7 Å². The number of hydrogen-bond donors (Lipinski definition) is 0. The molecule has 2 aromatic rings. The Bertz CT molecular complexity index is 631. The molecule has 1 aromatic carbocycles. The van der Waals surface area contributed by atoms with E-state index >= 15 is 0 Å². The third-order valence-electron chi connectivity index (χ3n) is 2.85. The summed E-state index contributed by atoms with van der Waals surface area (Å²) in [6.45, 7) is 5.04. The molecule has 102 valence electrons. The van der Waals surface area contributed by atoms with Crippen LogP contribution in [0.25, 0.3) is 10.9 Å². The molecular formula is C14H16FNO3. The quantitative estimate of drug-likeness (QED) is 0.834. The number of aromatic nitrogens is 1. The van der Waals surface area contributed by atoms with E-state index < -0.39 is 11.9 Å². The van der Waals surface area contributed by atoms with Gasteiger partial charge in [-0.1, -0.05) is 0 Å². The maximum Gasteiger partial charge on any atom is 0.419 e. The second kappa shape index (κ2) is 4.91. The molecule has 0 bridgehead atoms. The first-order valence-electron chi connectivity index (χ1n) is 6.01. The van der Waals surface area contributed by atoms with Gasteiger partial charge in [-0.3, -0.25) is 0 Å². The molecule has 4 nitrogen and oxygen atoms in total. The Kier molecular flexibility index (Phi) is 3.46. The van der Waals surface area contributed by atoms with Crippen molar-refractivity contribution in [2.75, 3.05) is 7.11 Å². The van der Waals surface area contributed by atoms with E-state index in [1.54, 1.807) is 39.0 Å². The summed E-state index contributed by atoms with van der Waals surface area (Å²) in [4.78, 5) is 12.0. The summed E-state index contributed by atoms with van der Waals surface area (Å²) < 4.78 is 25.6. The second-order valence-corrected chi connectivity index (χ2v) is 4.55. The number of rotatable bonds is 2. The van der Waals surface area contributed by atoms with Crippen LogP contribution in [0.4, 0.5) is 9.18 Å². The average Bonchev–Trinajstić information content (AvgIpc) is 2.61. The minimum atomic E-state index is -0.577. The Morgan fingerprint density at radius 3 is 2.63 bits per heavy atom. The maximum atomic E-state index is 14.1. The van der Waals surface area contributed by atoms with Gasteiger partial charge >= 0.3 is 6.09 Å². The number of nitrogens with zero attached hydrogens (tertiary/aromatic N) is 1. The largest absolute Gasteiger partial charge is 0.497 e. The van der Waals surface area contributed by atoms with Crippen molar-refractivity contribution < 1.29 is 18.7 Å². The first-order valence-corrected chi connectivity index (χ1v) is 6.01. The summed E-state index contributed by atoms with van der Waals surface area (Å²) in [6.07, 6.45) is -0.836. The van der Waals surface area contributed by atoms with Crippen LogP contribution in [0.1, 0.15) is 19.5 Å². The highest BCUT2D eigenvalue weighted by Gasteiger charge is 2.20. The lowest BCUT2D eigenvalue weighted by Gasteiger charge is -2.10. The molecule has 19 heavy (non-hydrogen) atoms. The molecule has 0 aliphatic heterocycles. The van der Waals surface area contributed by atoms with Crippen LogP contribution < -0.4 is 4.74 Å². The minimum Gasteiger partial charge on any atom is -0.497 e. The molecular weight excluding hydrogens is 249 g/mol. The van der Waals surface area contributed by atoms with Gasteiger partial charge < -0.3 is 9.47 Å². The van der Waals surface area contributed by atoms with Crippen LogP contribution in [0.5, 0.6) is 5.75 Å². The molecule has 0 spiro atoms. The van der Waals surface area contributed by atoms with Crippen LogP contribution >= 0.6 is 0 Å². The molecule has 0 unspecified atom stereocenters. The summed E-state index contributed by atoms with van der Waals surface area (Å²) in [5.41, 5.74) is 0.704. The number of carbonyl (C=O) groups is 1. The second-order valence-electron chi connectivity index (χ2n) is 4.55. The van der Waals surface area contributed by atoms with Gasteiger partial charge in [-0.2, -0.15) is 0 Å². The summed E-state index contributed by atoms with van der Waals surface area (Å²) in [5.74, 6) is 0.107. The molecule has 0 fully saturated rings. The zero-order chi connectivity index (χ0) is 14.2. The fourth-order valence-corrected chi connectivity index (χ4v) is 1.98. The van der Waals surface area contributed by atoms with Crippen molar-refractivity contribution >= 4 is 17.0 Å². The lowest BCUT2D eigenvalue weighted by atomic mass is 10.2. The highest BCUT2D eigenvalue weighted by atomic mass is 19.1. The normalized spacial score (nSPS) is 11.1. The number of hydrogen-bond acceptors (Lipinski definition) is 3. The summed E-state index contributed by atoms with van der Waals surface area (Å²) in [6, 6.07) is 4.89. The van der Waals surface area contributed by atoms with Gasteiger partial charge in [0, 0.05) is 5.39 Å². The third-order valence-corrected chi connectivity index (χ3v) is 2.85. The fourth-order valence-electron chi connectivity index (χ4n) is 1.98. The van der Waals surface area contributed by atoms with Gasteiger partial charge in [0.05, 0.1) is 24.4 Å². The molecule has 0 aliphatic rings. The first kappa shape index (κ1) is 13.4.